The summed E-state index contributed by atoms with van der Waals surface area (Å²) in [6, 6.07) is 4.53. The first-order valence-electron chi connectivity index (χ1n) is 9.00. The molecule has 3 atom stereocenters. The van der Waals surface area contributed by atoms with E-state index in [2.05, 4.69) is 15.3 Å². The van der Waals surface area contributed by atoms with Gasteiger partial charge in [-0.1, -0.05) is 24.1 Å². The zero-order valence-electron chi connectivity index (χ0n) is 15.4. The van der Waals surface area contributed by atoms with E-state index in [9.17, 15) is 18.3 Å². The van der Waals surface area contributed by atoms with Crippen LogP contribution in [-0.4, -0.2) is 41.8 Å². The van der Waals surface area contributed by atoms with E-state index in [-0.39, 0.29) is 21.7 Å². The van der Waals surface area contributed by atoms with Crippen molar-refractivity contribution in [1.29, 1.82) is 0 Å². The third kappa shape index (κ3) is 4.87. The van der Waals surface area contributed by atoms with Crippen LogP contribution in [-0.2, 0) is 14.6 Å². The molecule has 1 heterocycles. The number of sulfone groups is 1. The number of aliphatic hydroxyl groups is 1. The van der Waals surface area contributed by atoms with Crippen molar-refractivity contribution in [2.45, 2.75) is 42.6 Å². The standard InChI is InChI=1S/C19H22ClN3O4S/c1-28(26,27)17-6-5-12(10-15(17)20)14(9-13-3-2-4-16(13)24)19(25)23-18-11-21-7-8-22-18/h5-8,10-11,13-14,16,24H,2-4,9H2,1H3,(H,22,23,25)/t13?,14-,16?/m1/s1. The van der Waals surface area contributed by atoms with E-state index >= 15 is 0 Å². The van der Waals surface area contributed by atoms with Crippen molar-refractivity contribution in [1.82, 2.24) is 9.97 Å². The fourth-order valence-corrected chi connectivity index (χ4v) is 4.94. The largest absolute Gasteiger partial charge is 0.393 e. The van der Waals surface area contributed by atoms with E-state index in [0.29, 0.717) is 17.8 Å². The number of hydrogen-bond donors (Lipinski definition) is 2. The molecular formula is C19H22ClN3O4S. The van der Waals surface area contributed by atoms with Gasteiger partial charge in [-0.05, 0) is 42.9 Å². The molecule has 2 aromatic rings. The van der Waals surface area contributed by atoms with Crippen LogP contribution in [0.5, 0.6) is 0 Å². The number of anilines is 1. The van der Waals surface area contributed by atoms with E-state index in [1.807, 2.05) is 0 Å². The van der Waals surface area contributed by atoms with Crippen LogP contribution in [0, 0.1) is 5.92 Å². The van der Waals surface area contributed by atoms with Gasteiger partial charge in [0.15, 0.2) is 15.7 Å². The van der Waals surface area contributed by atoms with Gasteiger partial charge in [0.05, 0.1) is 28.1 Å². The van der Waals surface area contributed by atoms with Gasteiger partial charge in [0.2, 0.25) is 5.91 Å². The normalized spacial score (nSPS) is 20.7. The number of hydrogen-bond acceptors (Lipinski definition) is 6. The Labute approximate surface area is 169 Å². The first-order chi connectivity index (χ1) is 13.3. The Morgan fingerprint density at radius 2 is 2.14 bits per heavy atom. The van der Waals surface area contributed by atoms with E-state index in [1.54, 1.807) is 6.07 Å². The number of nitrogens with one attached hydrogen (secondary N) is 1. The molecule has 3 rings (SSSR count). The number of rotatable bonds is 6. The Morgan fingerprint density at radius 3 is 2.71 bits per heavy atom. The van der Waals surface area contributed by atoms with Crippen LogP contribution >= 0.6 is 11.6 Å². The summed E-state index contributed by atoms with van der Waals surface area (Å²) >= 11 is 6.19. The lowest BCUT2D eigenvalue weighted by molar-refractivity contribution is -0.118. The molecule has 9 heteroatoms. The molecule has 0 spiro atoms. The van der Waals surface area contributed by atoms with Gasteiger partial charge in [0, 0.05) is 18.6 Å². The summed E-state index contributed by atoms with van der Waals surface area (Å²) in [5.74, 6) is -0.595. The molecule has 1 saturated carbocycles. The SMILES string of the molecule is CS(=O)(=O)c1ccc([C@@H](CC2CCCC2O)C(=O)Nc2cnccn2)cc1Cl. The molecule has 2 unspecified atom stereocenters. The summed E-state index contributed by atoms with van der Waals surface area (Å²) < 4.78 is 23.6. The minimum Gasteiger partial charge on any atom is -0.393 e. The summed E-state index contributed by atoms with van der Waals surface area (Å²) in [5.41, 5.74) is 0.595. The van der Waals surface area contributed by atoms with Gasteiger partial charge < -0.3 is 10.4 Å². The number of halogens is 1. The predicted molar refractivity (Wildman–Crippen MR) is 106 cm³/mol. The summed E-state index contributed by atoms with van der Waals surface area (Å²) in [5, 5.41) is 13.0. The molecule has 28 heavy (non-hydrogen) atoms. The molecule has 1 fully saturated rings. The molecule has 1 aromatic carbocycles. The Kier molecular flexibility index (Phi) is 6.32. The number of benzene rings is 1. The lowest BCUT2D eigenvalue weighted by atomic mass is 9.86. The molecule has 0 aliphatic heterocycles. The van der Waals surface area contributed by atoms with Crippen molar-refractivity contribution >= 4 is 33.2 Å². The van der Waals surface area contributed by atoms with Crippen molar-refractivity contribution < 1.29 is 18.3 Å². The summed E-state index contributed by atoms with van der Waals surface area (Å²) in [6.45, 7) is 0. The van der Waals surface area contributed by atoms with Crippen molar-refractivity contribution in [3.05, 3.63) is 47.4 Å². The average Bonchev–Trinajstić information content (AvgIpc) is 3.04. The van der Waals surface area contributed by atoms with Crippen LogP contribution in [0.2, 0.25) is 5.02 Å². The van der Waals surface area contributed by atoms with E-state index < -0.39 is 21.9 Å². The van der Waals surface area contributed by atoms with Crippen molar-refractivity contribution in [3.8, 4) is 0 Å². The van der Waals surface area contributed by atoms with Crippen LogP contribution < -0.4 is 5.32 Å². The van der Waals surface area contributed by atoms with Crippen molar-refractivity contribution in [3.63, 3.8) is 0 Å². The molecule has 1 aromatic heterocycles. The Morgan fingerprint density at radius 1 is 1.36 bits per heavy atom. The Hall–Kier alpha value is -2.03. The molecule has 150 valence electrons. The number of amides is 1. The summed E-state index contributed by atoms with van der Waals surface area (Å²) in [6.07, 6.45) is 7.97. The highest BCUT2D eigenvalue weighted by Gasteiger charge is 2.32. The minimum absolute atomic E-state index is 0.00836. The smallest absolute Gasteiger partial charge is 0.233 e. The molecule has 7 nitrogen and oxygen atoms in total. The summed E-state index contributed by atoms with van der Waals surface area (Å²) in [4.78, 5) is 21.0. The maximum absolute atomic E-state index is 13.0. The third-order valence-electron chi connectivity index (χ3n) is 5.05. The zero-order chi connectivity index (χ0) is 20.3. The number of nitrogens with zero attached hydrogens (tertiary/aromatic N) is 2. The first kappa shape index (κ1) is 20.7. The minimum atomic E-state index is -3.47. The predicted octanol–water partition coefficient (Wildman–Crippen LogP) is 2.81. The van der Waals surface area contributed by atoms with Gasteiger partial charge in [0.25, 0.3) is 0 Å². The molecule has 2 N–H and O–H groups in total. The highest BCUT2D eigenvalue weighted by atomic mass is 35.5. The van der Waals surface area contributed by atoms with Gasteiger partial charge in [-0.2, -0.15) is 0 Å². The first-order valence-corrected chi connectivity index (χ1v) is 11.3. The molecule has 0 saturated heterocycles. The number of carbonyl (C=O) groups excluding carboxylic acids is 1. The van der Waals surface area contributed by atoms with Crippen LogP contribution in [0.25, 0.3) is 0 Å². The molecular weight excluding hydrogens is 402 g/mol. The van der Waals surface area contributed by atoms with Gasteiger partial charge in [-0.3, -0.25) is 9.78 Å². The van der Waals surface area contributed by atoms with Gasteiger partial charge in [-0.25, -0.2) is 13.4 Å². The zero-order valence-corrected chi connectivity index (χ0v) is 16.9. The lowest BCUT2D eigenvalue weighted by Gasteiger charge is -2.23. The van der Waals surface area contributed by atoms with Crippen LogP contribution in [0.1, 0.15) is 37.2 Å². The number of carbonyl (C=O) groups is 1. The fraction of sp³-hybridized carbons (Fsp3) is 0.421. The second-order valence-corrected chi connectivity index (χ2v) is 9.48. The molecule has 1 amide bonds. The quantitative estimate of drug-likeness (QED) is 0.739. The topological polar surface area (TPSA) is 109 Å². The van der Waals surface area contributed by atoms with E-state index in [0.717, 1.165) is 25.5 Å². The van der Waals surface area contributed by atoms with Crippen LogP contribution in [0.4, 0.5) is 5.82 Å². The van der Waals surface area contributed by atoms with Gasteiger partial charge in [0.1, 0.15) is 0 Å². The molecule has 0 radical (unpaired) electrons. The Balaban J connectivity index is 1.91. The summed E-state index contributed by atoms with van der Waals surface area (Å²) in [7, 11) is -3.47. The maximum atomic E-state index is 13.0. The molecule has 0 bridgehead atoms. The van der Waals surface area contributed by atoms with Crippen molar-refractivity contribution in [2.24, 2.45) is 5.92 Å². The number of aromatic nitrogens is 2. The van der Waals surface area contributed by atoms with Crippen LogP contribution in [0.15, 0.2) is 41.7 Å². The van der Waals surface area contributed by atoms with Crippen molar-refractivity contribution in [2.75, 3.05) is 11.6 Å². The maximum Gasteiger partial charge on any atom is 0.233 e. The average molecular weight is 424 g/mol. The number of aliphatic hydroxyl groups excluding tert-OH is 1. The third-order valence-corrected chi connectivity index (χ3v) is 6.63. The van der Waals surface area contributed by atoms with E-state index in [1.165, 1.54) is 30.7 Å². The monoisotopic (exact) mass is 423 g/mol. The van der Waals surface area contributed by atoms with E-state index in [4.69, 9.17) is 11.6 Å². The van der Waals surface area contributed by atoms with Crippen LogP contribution in [0.3, 0.4) is 0 Å². The van der Waals surface area contributed by atoms with Gasteiger partial charge in [-0.15, -0.1) is 0 Å². The van der Waals surface area contributed by atoms with Gasteiger partial charge >= 0.3 is 0 Å². The highest BCUT2D eigenvalue weighted by Crippen LogP contribution is 2.36. The second kappa shape index (κ2) is 8.55. The second-order valence-electron chi connectivity index (χ2n) is 7.09. The highest BCUT2D eigenvalue weighted by molar-refractivity contribution is 7.90. The lowest BCUT2D eigenvalue weighted by Crippen LogP contribution is -2.26. The molecule has 1 aliphatic carbocycles. The Bertz CT molecular complexity index is 953. The molecule has 1 aliphatic rings. The fourth-order valence-electron chi connectivity index (χ4n) is 3.60.